The zero-order valence-corrected chi connectivity index (χ0v) is 19.7. The molecule has 0 bridgehead atoms. The lowest BCUT2D eigenvalue weighted by Gasteiger charge is -2.42. The molecule has 2 aliphatic heterocycles. The van der Waals surface area contributed by atoms with E-state index in [0.29, 0.717) is 0 Å². The Morgan fingerprint density at radius 1 is 1.00 bits per heavy atom. The Kier molecular flexibility index (Phi) is 7.75. The quantitative estimate of drug-likeness (QED) is 0.649. The van der Waals surface area contributed by atoms with Gasteiger partial charge in [0.15, 0.2) is 0 Å². The normalized spacial score (nSPS) is 20.0. The Hall–Kier alpha value is -1.76. The summed E-state index contributed by atoms with van der Waals surface area (Å²) in [7, 11) is 2.26. The number of aryl methyl sites for hydroxylation is 2. The van der Waals surface area contributed by atoms with E-state index in [1.165, 1.54) is 75.2 Å². The van der Waals surface area contributed by atoms with E-state index in [1.54, 1.807) is 0 Å². The van der Waals surface area contributed by atoms with Crippen LogP contribution in [0.4, 0.5) is 0 Å². The molecule has 0 saturated carbocycles. The van der Waals surface area contributed by atoms with E-state index in [2.05, 4.69) is 68.7 Å². The molecule has 170 valence electrons. The molecular weight excluding hydrogens is 384 g/mol. The van der Waals surface area contributed by atoms with Gasteiger partial charge in [-0.05, 0) is 96.4 Å². The van der Waals surface area contributed by atoms with Crippen LogP contribution in [0.15, 0.2) is 30.7 Å². The van der Waals surface area contributed by atoms with Crippen molar-refractivity contribution >= 4 is 0 Å². The predicted molar refractivity (Wildman–Crippen MR) is 126 cm³/mol. The van der Waals surface area contributed by atoms with Gasteiger partial charge < -0.3 is 9.80 Å². The minimum Gasteiger partial charge on any atom is -0.306 e. The number of hydrogen-bond donors (Lipinski definition) is 0. The van der Waals surface area contributed by atoms with E-state index >= 15 is 0 Å². The van der Waals surface area contributed by atoms with Crippen LogP contribution >= 0.6 is 0 Å². The predicted octanol–water partition coefficient (Wildman–Crippen LogP) is 3.41. The molecule has 2 aromatic heterocycles. The minimum absolute atomic E-state index is 0.783. The molecule has 4 rings (SSSR count). The van der Waals surface area contributed by atoms with Crippen molar-refractivity contribution < 1.29 is 0 Å². The van der Waals surface area contributed by atoms with Gasteiger partial charge in [-0.3, -0.25) is 14.6 Å². The Morgan fingerprint density at radius 3 is 2.35 bits per heavy atom. The van der Waals surface area contributed by atoms with Crippen LogP contribution in [0.5, 0.6) is 0 Å². The molecule has 2 saturated heterocycles. The van der Waals surface area contributed by atoms with E-state index in [0.717, 1.165) is 31.6 Å². The Bertz CT molecular complexity index is 788. The molecule has 2 fully saturated rings. The molecule has 6 nitrogen and oxygen atoms in total. The SMILES string of the molecule is CCn1cc(CN(Cc2ccncc2)CC2CCN(C3CCN(C)CC3)CC2)c(C)n1. The van der Waals surface area contributed by atoms with Crippen LogP contribution in [0.25, 0.3) is 0 Å². The summed E-state index contributed by atoms with van der Waals surface area (Å²) in [5.74, 6) is 0.783. The molecule has 6 heteroatoms. The van der Waals surface area contributed by atoms with Crippen molar-refractivity contribution in [3.63, 3.8) is 0 Å². The lowest BCUT2D eigenvalue weighted by molar-refractivity contribution is 0.0728. The molecule has 2 aromatic rings. The zero-order valence-electron chi connectivity index (χ0n) is 19.7. The van der Waals surface area contributed by atoms with Crippen LogP contribution in [0.1, 0.15) is 49.4 Å². The fourth-order valence-corrected chi connectivity index (χ4v) is 5.27. The van der Waals surface area contributed by atoms with Crippen LogP contribution in [-0.2, 0) is 19.6 Å². The van der Waals surface area contributed by atoms with Crippen LogP contribution < -0.4 is 0 Å². The summed E-state index contributed by atoms with van der Waals surface area (Å²) in [4.78, 5) is 12.1. The van der Waals surface area contributed by atoms with Gasteiger partial charge in [0.1, 0.15) is 0 Å². The third-order valence-corrected chi connectivity index (χ3v) is 7.29. The Labute approximate surface area is 188 Å². The molecule has 2 aliphatic rings. The van der Waals surface area contributed by atoms with Crippen molar-refractivity contribution in [2.24, 2.45) is 5.92 Å². The standard InChI is InChI=1S/C25H40N6/c1-4-31-20-24(21(2)27-31)19-29(17-22-5-11-26-12-6-22)18-23-7-15-30(16-8-23)25-9-13-28(3)14-10-25/h5-6,11-12,20,23,25H,4,7-10,13-19H2,1-3H3. The van der Waals surface area contributed by atoms with Gasteiger partial charge >= 0.3 is 0 Å². The second-order valence-corrected chi connectivity index (χ2v) is 9.63. The van der Waals surface area contributed by atoms with Crippen molar-refractivity contribution in [2.75, 3.05) is 39.8 Å². The smallest absolute Gasteiger partial charge is 0.0638 e. The van der Waals surface area contributed by atoms with Crippen LogP contribution in [0.3, 0.4) is 0 Å². The minimum atomic E-state index is 0.783. The first-order chi connectivity index (χ1) is 15.1. The van der Waals surface area contributed by atoms with Crippen molar-refractivity contribution in [1.29, 1.82) is 0 Å². The summed E-state index contributed by atoms with van der Waals surface area (Å²) < 4.78 is 2.06. The highest BCUT2D eigenvalue weighted by molar-refractivity contribution is 5.16. The number of aromatic nitrogens is 3. The number of nitrogens with zero attached hydrogens (tertiary/aromatic N) is 6. The van der Waals surface area contributed by atoms with Crippen LogP contribution in [-0.4, -0.2) is 75.3 Å². The molecular formula is C25H40N6. The third kappa shape index (κ3) is 6.15. The van der Waals surface area contributed by atoms with E-state index in [4.69, 9.17) is 0 Å². The summed E-state index contributed by atoms with van der Waals surface area (Å²) in [5, 5.41) is 4.67. The second-order valence-electron chi connectivity index (χ2n) is 9.63. The van der Waals surface area contributed by atoms with Gasteiger partial charge in [-0.25, -0.2) is 0 Å². The first-order valence-electron chi connectivity index (χ1n) is 12.2. The largest absolute Gasteiger partial charge is 0.306 e. The second kappa shape index (κ2) is 10.7. The zero-order chi connectivity index (χ0) is 21.6. The molecule has 0 unspecified atom stereocenters. The summed E-state index contributed by atoms with van der Waals surface area (Å²) in [5.41, 5.74) is 3.87. The third-order valence-electron chi connectivity index (χ3n) is 7.29. The molecule has 0 atom stereocenters. The van der Waals surface area contributed by atoms with E-state index in [1.807, 2.05) is 12.4 Å². The summed E-state index contributed by atoms with van der Waals surface area (Å²) in [6.07, 6.45) is 11.4. The number of hydrogen-bond acceptors (Lipinski definition) is 5. The van der Waals surface area contributed by atoms with E-state index in [-0.39, 0.29) is 0 Å². The van der Waals surface area contributed by atoms with Crippen molar-refractivity contribution in [1.82, 2.24) is 29.5 Å². The van der Waals surface area contributed by atoms with Crippen LogP contribution in [0.2, 0.25) is 0 Å². The summed E-state index contributed by atoms with van der Waals surface area (Å²) in [6, 6.07) is 5.11. The first kappa shape index (κ1) is 22.4. The van der Waals surface area contributed by atoms with Gasteiger partial charge in [0, 0.05) is 56.4 Å². The maximum Gasteiger partial charge on any atom is 0.0638 e. The molecule has 0 aliphatic carbocycles. The number of rotatable bonds is 8. The maximum atomic E-state index is 4.67. The fourth-order valence-electron chi connectivity index (χ4n) is 5.27. The molecule has 0 amide bonds. The average molecular weight is 425 g/mol. The highest BCUT2D eigenvalue weighted by atomic mass is 15.3. The molecule has 0 N–H and O–H groups in total. The highest BCUT2D eigenvalue weighted by Gasteiger charge is 2.28. The van der Waals surface area contributed by atoms with Gasteiger partial charge in [-0.15, -0.1) is 0 Å². The number of pyridine rings is 1. The van der Waals surface area contributed by atoms with Crippen molar-refractivity contribution in [3.8, 4) is 0 Å². The first-order valence-corrected chi connectivity index (χ1v) is 12.2. The summed E-state index contributed by atoms with van der Waals surface area (Å²) in [6.45, 7) is 13.4. The summed E-state index contributed by atoms with van der Waals surface area (Å²) >= 11 is 0. The van der Waals surface area contributed by atoms with E-state index < -0.39 is 0 Å². The number of piperidine rings is 2. The van der Waals surface area contributed by atoms with Gasteiger partial charge in [-0.1, -0.05) is 0 Å². The Morgan fingerprint density at radius 2 is 1.71 bits per heavy atom. The van der Waals surface area contributed by atoms with Gasteiger partial charge in [0.25, 0.3) is 0 Å². The molecule has 4 heterocycles. The van der Waals surface area contributed by atoms with Gasteiger partial charge in [0.2, 0.25) is 0 Å². The maximum absolute atomic E-state index is 4.67. The highest BCUT2D eigenvalue weighted by Crippen LogP contribution is 2.25. The van der Waals surface area contributed by atoms with Crippen molar-refractivity contribution in [3.05, 3.63) is 47.5 Å². The Balaban J connectivity index is 1.36. The topological polar surface area (TPSA) is 40.4 Å². The van der Waals surface area contributed by atoms with Crippen molar-refractivity contribution in [2.45, 2.75) is 65.2 Å². The monoisotopic (exact) mass is 424 g/mol. The van der Waals surface area contributed by atoms with Gasteiger partial charge in [0.05, 0.1) is 5.69 Å². The van der Waals surface area contributed by atoms with Gasteiger partial charge in [-0.2, -0.15) is 5.10 Å². The molecule has 31 heavy (non-hydrogen) atoms. The molecule has 0 spiro atoms. The molecule has 0 radical (unpaired) electrons. The lowest BCUT2D eigenvalue weighted by Crippen LogP contribution is -2.47. The van der Waals surface area contributed by atoms with Crippen LogP contribution in [0, 0.1) is 12.8 Å². The average Bonchev–Trinajstić information content (AvgIpc) is 3.15. The number of likely N-dealkylation sites (tertiary alicyclic amines) is 2. The van der Waals surface area contributed by atoms with E-state index in [9.17, 15) is 0 Å². The molecule has 0 aromatic carbocycles. The fraction of sp³-hybridized carbons (Fsp3) is 0.680. The lowest BCUT2D eigenvalue weighted by atomic mass is 9.93.